The molecule has 0 radical (unpaired) electrons. The first-order valence-electron chi connectivity index (χ1n) is 6.78. The first kappa shape index (κ1) is 14.9. The van der Waals surface area contributed by atoms with Gasteiger partial charge in [0.1, 0.15) is 11.9 Å². The lowest BCUT2D eigenvalue weighted by Gasteiger charge is -2.37. The molecule has 0 aromatic heterocycles. The molecule has 2 unspecified atom stereocenters. The molecule has 1 aromatic carbocycles. The van der Waals surface area contributed by atoms with Gasteiger partial charge in [0, 0.05) is 6.54 Å². The number of carbonyl (C=O) groups is 1. The van der Waals surface area contributed by atoms with E-state index in [1.807, 2.05) is 4.90 Å². The van der Waals surface area contributed by atoms with Gasteiger partial charge < -0.3 is 9.84 Å². The summed E-state index contributed by atoms with van der Waals surface area (Å²) < 4.78 is 18.0. The van der Waals surface area contributed by atoms with E-state index in [0.717, 1.165) is 12.0 Å². The van der Waals surface area contributed by atoms with Crippen LogP contribution in [0.4, 0.5) is 4.39 Å². The molecule has 1 N–H and O–H groups in total. The molecule has 0 saturated carbocycles. The van der Waals surface area contributed by atoms with E-state index in [0.29, 0.717) is 25.1 Å². The van der Waals surface area contributed by atoms with Gasteiger partial charge in [-0.2, -0.15) is 0 Å². The van der Waals surface area contributed by atoms with Crippen molar-refractivity contribution in [2.24, 2.45) is 0 Å². The molecule has 0 spiro atoms. The third-order valence-corrected chi connectivity index (χ3v) is 3.75. The summed E-state index contributed by atoms with van der Waals surface area (Å²) in [5, 5.41) is 10.0. The average molecular weight is 281 g/mol. The Labute approximate surface area is 118 Å². The van der Waals surface area contributed by atoms with Crippen molar-refractivity contribution in [2.75, 3.05) is 13.7 Å². The summed E-state index contributed by atoms with van der Waals surface area (Å²) >= 11 is 0. The number of likely N-dealkylation sites (tertiary alicyclic amines) is 1. The highest BCUT2D eigenvalue weighted by Crippen LogP contribution is 2.22. The molecule has 20 heavy (non-hydrogen) atoms. The molecular weight excluding hydrogens is 261 g/mol. The minimum absolute atomic E-state index is 0.239. The maximum absolute atomic E-state index is 13.3. The summed E-state index contributed by atoms with van der Waals surface area (Å²) in [6.07, 6.45) is 0.714. The highest BCUT2D eigenvalue weighted by molar-refractivity contribution is 5.76. The zero-order valence-electron chi connectivity index (χ0n) is 11.8. The van der Waals surface area contributed by atoms with E-state index in [2.05, 4.69) is 0 Å². The van der Waals surface area contributed by atoms with Crippen molar-refractivity contribution in [3.8, 4) is 0 Å². The van der Waals surface area contributed by atoms with Crippen molar-refractivity contribution >= 4 is 5.97 Å². The van der Waals surface area contributed by atoms with E-state index in [1.165, 1.54) is 13.2 Å². The third kappa shape index (κ3) is 3.16. The van der Waals surface area contributed by atoms with Crippen LogP contribution in [0.25, 0.3) is 0 Å². The first-order chi connectivity index (χ1) is 9.52. The quantitative estimate of drug-likeness (QED) is 0.856. The topological polar surface area (TPSA) is 49.8 Å². The highest BCUT2D eigenvalue weighted by atomic mass is 19.1. The molecule has 0 bridgehead atoms. The number of hydrogen-bond donors (Lipinski definition) is 1. The molecule has 1 aliphatic heterocycles. The van der Waals surface area contributed by atoms with Crippen molar-refractivity contribution in [1.82, 2.24) is 4.90 Å². The van der Waals surface area contributed by atoms with Crippen molar-refractivity contribution in [1.29, 1.82) is 0 Å². The zero-order valence-corrected chi connectivity index (χ0v) is 11.8. The predicted molar refractivity (Wildman–Crippen MR) is 72.6 cm³/mol. The van der Waals surface area contributed by atoms with E-state index >= 15 is 0 Å². The zero-order chi connectivity index (χ0) is 14.7. The maximum atomic E-state index is 13.3. The van der Waals surface area contributed by atoms with Crippen molar-refractivity contribution in [2.45, 2.75) is 38.5 Å². The largest absolute Gasteiger partial charge is 0.468 e. The fourth-order valence-electron chi connectivity index (χ4n) is 2.69. The summed E-state index contributed by atoms with van der Waals surface area (Å²) in [6.45, 7) is 2.92. The number of methoxy groups -OCH3 is 1. The molecule has 1 aromatic rings. The summed E-state index contributed by atoms with van der Waals surface area (Å²) in [7, 11) is 1.32. The lowest BCUT2D eigenvalue weighted by atomic mass is 9.98. The second-order valence-electron chi connectivity index (χ2n) is 5.23. The van der Waals surface area contributed by atoms with Crippen LogP contribution in [0.2, 0.25) is 0 Å². The molecule has 1 saturated heterocycles. The molecule has 4 nitrogen and oxygen atoms in total. The number of ether oxygens (including phenoxy) is 1. The molecule has 5 heteroatoms. The van der Waals surface area contributed by atoms with Gasteiger partial charge in [0.2, 0.25) is 0 Å². The van der Waals surface area contributed by atoms with Crippen molar-refractivity contribution < 1.29 is 19.0 Å². The van der Waals surface area contributed by atoms with Gasteiger partial charge in [-0.15, -0.1) is 0 Å². The van der Waals surface area contributed by atoms with E-state index in [1.54, 1.807) is 19.1 Å². The predicted octanol–water partition coefficient (Wildman–Crippen LogP) is 1.63. The molecule has 1 heterocycles. The molecule has 0 aliphatic carbocycles. The summed E-state index contributed by atoms with van der Waals surface area (Å²) in [6, 6.07) is 4.26. The van der Waals surface area contributed by atoms with Crippen molar-refractivity contribution in [3.63, 3.8) is 0 Å². The van der Waals surface area contributed by atoms with Gasteiger partial charge in [-0.3, -0.25) is 9.69 Å². The molecule has 2 atom stereocenters. The Morgan fingerprint density at radius 2 is 2.30 bits per heavy atom. The number of aliphatic hydroxyl groups excluding tert-OH is 1. The number of hydrogen-bond acceptors (Lipinski definition) is 4. The van der Waals surface area contributed by atoms with Gasteiger partial charge in [-0.1, -0.05) is 12.1 Å². The Balaban J connectivity index is 2.16. The Morgan fingerprint density at radius 1 is 1.55 bits per heavy atom. The smallest absolute Gasteiger partial charge is 0.325 e. The van der Waals surface area contributed by atoms with Crippen LogP contribution in [0.3, 0.4) is 0 Å². The van der Waals surface area contributed by atoms with E-state index in [9.17, 15) is 14.3 Å². The van der Waals surface area contributed by atoms with E-state index in [4.69, 9.17) is 4.74 Å². The Kier molecular flexibility index (Phi) is 4.73. The second-order valence-corrected chi connectivity index (χ2v) is 5.23. The minimum atomic E-state index is -0.710. The number of carbonyl (C=O) groups excluding carboxylic acids is 1. The van der Waals surface area contributed by atoms with Gasteiger partial charge in [0.25, 0.3) is 0 Å². The number of esters is 1. The monoisotopic (exact) mass is 281 g/mol. The minimum Gasteiger partial charge on any atom is -0.468 e. The number of piperidine rings is 1. The van der Waals surface area contributed by atoms with Gasteiger partial charge in [0.15, 0.2) is 0 Å². The lowest BCUT2D eigenvalue weighted by molar-refractivity contribution is -0.154. The van der Waals surface area contributed by atoms with E-state index in [-0.39, 0.29) is 5.82 Å². The number of aliphatic hydroxyl groups is 1. The van der Waals surface area contributed by atoms with E-state index < -0.39 is 18.1 Å². The fourth-order valence-corrected chi connectivity index (χ4v) is 2.69. The highest BCUT2D eigenvalue weighted by Gasteiger charge is 2.36. The van der Waals surface area contributed by atoms with Crippen LogP contribution < -0.4 is 0 Å². The SMILES string of the molecule is COC(=O)C1C(O)CCCN1Cc1ccc(F)c(C)c1. The fraction of sp³-hybridized carbons (Fsp3) is 0.533. The molecule has 1 fully saturated rings. The molecular formula is C15H20FNO3. The average Bonchev–Trinajstić information content (AvgIpc) is 2.42. The number of benzene rings is 1. The van der Waals surface area contributed by atoms with Gasteiger partial charge in [-0.25, -0.2) is 4.39 Å². The molecule has 1 aliphatic rings. The molecule has 0 amide bonds. The van der Waals surface area contributed by atoms with Crippen LogP contribution in [0, 0.1) is 12.7 Å². The number of nitrogens with zero attached hydrogens (tertiary/aromatic N) is 1. The van der Waals surface area contributed by atoms with Crippen LogP contribution >= 0.6 is 0 Å². The number of aryl methyl sites for hydroxylation is 1. The van der Waals surface area contributed by atoms with Crippen LogP contribution in [0.1, 0.15) is 24.0 Å². The van der Waals surface area contributed by atoms with Gasteiger partial charge >= 0.3 is 5.97 Å². The van der Waals surface area contributed by atoms with Gasteiger partial charge in [0.05, 0.1) is 13.2 Å². The number of halogens is 1. The second kappa shape index (κ2) is 6.33. The lowest BCUT2D eigenvalue weighted by Crippen LogP contribution is -2.52. The van der Waals surface area contributed by atoms with Crippen LogP contribution in [0.5, 0.6) is 0 Å². The van der Waals surface area contributed by atoms with Crippen molar-refractivity contribution in [3.05, 3.63) is 35.1 Å². The summed E-state index contributed by atoms with van der Waals surface area (Å²) in [5.74, 6) is -0.659. The van der Waals surface area contributed by atoms with Gasteiger partial charge in [-0.05, 0) is 43.5 Å². The Morgan fingerprint density at radius 3 is 2.95 bits per heavy atom. The van der Waals surface area contributed by atoms with Crippen LogP contribution in [0.15, 0.2) is 18.2 Å². The summed E-state index contributed by atoms with van der Waals surface area (Å²) in [5.41, 5.74) is 1.50. The normalized spacial score (nSPS) is 23.6. The first-order valence-corrected chi connectivity index (χ1v) is 6.78. The standard InChI is InChI=1S/C15H20FNO3/c1-10-8-11(5-6-12(10)16)9-17-7-3-4-13(18)14(17)15(19)20-2/h5-6,8,13-14,18H,3-4,7,9H2,1-2H3. The molecule has 110 valence electrons. The summed E-state index contributed by atoms with van der Waals surface area (Å²) in [4.78, 5) is 13.7. The number of rotatable bonds is 3. The Hall–Kier alpha value is -1.46. The Bertz CT molecular complexity index is 492. The maximum Gasteiger partial charge on any atom is 0.325 e. The third-order valence-electron chi connectivity index (χ3n) is 3.75. The van der Waals surface area contributed by atoms with Crippen LogP contribution in [-0.2, 0) is 16.1 Å². The van der Waals surface area contributed by atoms with Crippen LogP contribution in [-0.4, -0.2) is 41.8 Å². The molecule has 2 rings (SSSR count).